The normalized spacial score (nSPS) is 10.5. The van der Waals surface area contributed by atoms with Crippen molar-refractivity contribution in [2.45, 2.75) is 13.1 Å². The summed E-state index contributed by atoms with van der Waals surface area (Å²) < 4.78 is 0. The van der Waals surface area contributed by atoms with E-state index < -0.39 is 0 Å². The number of H-pyrrole nitrogens is 1. The molecule has 1 aromatic carbocycles. The van der Waals surface area contributed by atoms with Crippen molar-refractivity contribution >= 4 is 11.6 Å². The molecule has 0 spiro atoms. The minimum Gasteiger partial charge on any atom is -0.306 e. The molecule has 2 aromatic rings. The number of aromatic amines is 1. The van der Waals surface area contributed by atoms with Crippen molar-refractivity contribution < 1.29 is 0 Å². The Morgan fingerprint density at radius 3 is 2.87 bits per heavy atom. The Morgan fingerprint density at radius 1 is 1.27 bits per heavy atom. The highest BCUT2D eigenvalue weighted by Crippen LogP contribution is 2.14. The van der Waals surface area contributed by atoms with E-state index in [1.165, 1.54) is 6.33 Å². The molecule has 0 aliphatic carbocycles. The first-order chi connectivity index (χ1) is 7.36. The SMILES string of the molecule is Clc1ccccc1CNCc1ncn[nH]1. The summed E-state index contributed by atoms with van der Waals surface area (Å²) in [5.41, 5.74) is 1.08. The van der Waals surface area contributed by atoms with Crippen LogP contribution in [-0.4, -0.2) is 15.2 Å². The van der Waals surface area contributed by atoms with Crippen LogP contribution in [0.2, 0.25) is 5.02 Å². The average molecular weight is 223 g/mol. The lowest BCUT2D eigenvalue weighted by Gasteiger charge is -2.04. The third-order valence-electron chi connectivity index (χ3n) is 2.03. The second-order valence-electron chi connectivity index (χ2n) is 3.13. The maximum Gasteiger partial charge on any atom is 0.138 e. The lowest BCUT2D eigenvalue weighted by Crippen LogP contribution is -2.13. The molecule has 0 saturated heterocycles. The van der Waals surface area contributed by atoms with E-state index >= 15 is 0 Å². The van der Waals surface area contributed by atoms with E-state index in [1.54, 1.807) is 0 Å². The molecule has 0 amide bonds. The molecule has 15 heavy (non-hydrogen) atoms. The van der Waals surface area contributed by atoms with Gasteiger partial charge in [-0.3, -0.25) is 5.10 Å². The number of benzene rings is 1. The highest BCUT2D eigenvalue weighted by molar-refractivity contribution is 6.31. The molecule has 0 saturated carbocycles. The van der Waals surface area contributed by atoms with Crippen molar-refractivity contribution in [3.05, 3.63) is 47.0 Å². The van der Waals surface area contributed by atoms with E-state index in [9.17, 15) is 0 Å². The summed E-state index contributed by atoms with van der Waals surface area (Å²) in [6, 6.07) is 7.77. The second kappa shape index (κ2) is 4.91. The Balaban J connectivity index is 1.86. The van der Waals surface area contributed by atoms with Crippen molar-refractivity contribution in [1.82, 2.24) is 20.5 Å². The summed E-state index contributed by atoms with van der Waals surface area (Å²) in [5, 5.41) is 10.6. The average Bonchev–Trinajstić information content (AvgIpc) is 2.74. The number of hydrogen-bond acceptors (Lipinski definition) is 3. The Kier molecular flexibility index (Phi) is 3.32. The topological polar surface area (TPSA) is 53.6 Å². The van der Waals surface area contributed by atoms with Crippen LogP contribution in [0.25, 0.3) is 0 Å². The molecule has 78 valence electrons. The quantitative estimate of drug-likeness (QED) is 0.829. The van der Waals surface area contributed by atoms with Crippen molar-refractivity contribution in [2.24, 2.45) is 0 Å². The Bertz CT molecular complexity index is 413. The second-order valence-corrected chi connectivity index (χ2v) is 3.53. The third kappa shape index (κ3) is 2.78. The molecule has 0 fully saturated rings. The molecule has 1 heterocycles. The van der Waals surface area contributed by atoms with Crippen LogP contribution < -0.4 is 5.32 Å². The van der Waals surface area contributed by atoms with Crippen LogP contribution >= 0.6 is 11.6 Å². The zero-order valence-electron chi connectivity index (χ0n) is 8.07. The summed E-state index contributed by atoms with van der Waals surface area (Å²) in [7, 11) is 0. The van der Waals surface area contributed by atoms with E-state index in [-0.39, 0.29) is 0 Å². The maximum absolute atomic E-state index is 6.01. The predicted octanol–water partition coefficient (Wildman–Crippen LogP) is 1.75. The fourth-order valence-electron chi connectivity index (χ4n) is 1.27. The van der Waals surface area contributed by atoms with E-state index in [2.05, 4.69) is 20.5 Å². The lowest BCUT2D eigenvalue weighted by atomic mass is 10.2. The van der Waals surface area contributed by atoms with Gasteiger partial charge >= 0.3 is 0 Å². The van der Waals surface area contributed by atoms with Gasteiger partial charge in [-0.1, -0.05) is 29.8 Å². The first kappa shape index (κ1) is 10.1. The molecule has 0 atom stereocenters. The third-order valence-corrected chi connectivity index (χ3v) is 2.40. The Hall–Kier alpha value is -1.39. The van der Waals surface area contributed by atoms with Gasteiger partial charge in [0.25, 0.3) is 0 Å². The first-order valence-electron chi connectivity index (χ1n) is 4.64. The molecule has 0 bridgehead atoms. The van der Waals surface area contributed by atoms with Crippen LogP contribution in [0.3, 0.4) is 0 Å². The van der Waals surface area contributed by atoms with Crippen molar-refractivity contribution in [3.8, 4) is 0 Å². The van der Waals surface area contributed by atoms with Gasteiger partial charge in [-0.15, -0.1) is 0 Å². The van der Waals surface area contributed by atoms with Crippen molar-refractivity contribution in [2.75, 3.05) is 0 Å². The summed E-state index contributed by atoms with van der Waals surface area (Å²) >= 11 is 6.01. The van der Waals surface area contributed by atoms with Crippen LogP contribution in [0, 0.1) is 0 Å². The number of aromatic nitrogens is 3. The number of halogens is 1. The molecule has 4 nitrogen and oxygen atoms in total. The first-order valence-corrected chi connectivity index (χ1v) is 5.02. The number of nitrogens with one attached hydrogen (secondary N) is 2. The number of rotatable bonds is 4. The summed E-state index contributed by atoms with van der Waals surface area (Å²) in [5.74, 6) is 0.821. The minimum absolute atomic E-state index is 0.658. The number of hydrogen-bond donors (Lipinski definition) is 2. The lowest BCUT2D eigenvalue weighted by molar-refractivity contribution is 0.665. The molecule has 0 aliphatic heterocycles. The van der Waals surface area contributed by atoms with Gasteiger partial charge in [0.05, 0.1) is 6.54 Å². The van der Waals surface area contributed by atoms with Crippen LogP contribution in [0.5, 0.6) is 0 Å². The van der Waals surface area contributed by atoms with Crippen molar-refractivity contribution in [3.63, 3.8) is 0 Å². The summed E-state index contributed by atoms with van der Waals surface area (Å²) in [6.07, 6.45) is 1.49. The van der Waals surface area contributed by atoms with Gasteiger partial charge in [0, 0.05) is 11.6 Å². The fourth-order valence-corrected chi connectivity index (χ4v) is 1.48. The minimum atomic E-state index is 0.658. The van der Waals surface area contributed by atoms with Crippen LogP contribution in [0.15, 0.2) is 30.6 Å². The zero-order chi connectivity index (χ0) is 10.5. The summed E-state index contributed by atoms with van der Waals surface area (Å²) in [6.45, 7) is 1.38. The van der Waals surface area contributed by atoms with Gasteiger partial charge in [0.1, 0.15) is 12.2 Å². The van der Waals surface area contributed by atoms with Gasteiger partial charge in [-0.05, 0) is 11.6 Å². The summed E-state index contributed by atoms with van der Waals surface area (Å²) in [4.78, 5) is 4.01. The molecule has 0 unspecified atom stereocenters. The molecule has 1 aromatic heterocycles. The van der Waals surface area contributed by atoms with Gasteiger partial charge < -0.3 is 5.32 Å². The van der Waals surface area contributed by atoms with E-state index in [1.807, 2.05) is 24.3 Å². The number of nitrogens with zero attached hydrogens (tertiary/aromatic N) is 2. The van der Waals surface area contributed by atoms with E-state index in [0.717, 1.165) is 23.0 Å². The fraction of sp³-hybridized carbons (Fsp3) is 0.200. The van der Waals surface area contributed by atoms with E-state index in [0.29, 0.717) is 6.54 Å². The van der Waals surface area contributed by atoms with Crippen LogP contribution in [-0.2, 0) is 13.1 Å². The Labute approximate surface area is 92.7 Å². The van der Waals surface area contributed by atoms with Gasteiger partial charge in [-0.2, -0.15) is 5.10 Å². The molecular formula is C10H11ClN4. The Morgan fingerprint density at radius 2 is 2.13 bits per heavy atom. The van der Waals surface area contributed by atoms with Crippen LogP contribution in [0.4, 0.5) is 0 Å². The van der Waals surface area contributed by atoms with Crippen LogP contribution in [0.1, 0.15) is 11.4 Å². The highest BCUT2D eigenvalue weighted by atomic mass is 35.5. The maximum atomic E-state index is 6.01. The van der Waals surface area contributed by atoms with Gasteiger partial charge in [0.15, 0.2) is 0 Å². The monoisotopic (exact) mass is 222 g/mol. The molecule has 0 radical (unpaired) electrons. The highest BCUT2D eigenvalue weighted by Gasteiger charge is 1.99. The predicted molar refractivity (Wildman–Crippen MR) is 58.4 cm³/mol. The standard InChI is InChI=1S/C10H11ClN4/c11-9-4-2-1-3-8(9)5-12-6-10-13-7-14-15-10/h1-4,7,12H,5-6H2,(H,13,14,15). The molecule has 5 heteroatoms. The molecule has 0 aliphatic rings. The smallest absolute Gasteiger partial charge is 0.138 e. The molecular weight excluding hydrogens is 212 g/mol. The molecule has 2 N–H and O–H groups in total. The van der Waals surface area contributed by atoms with Gasteiger partial charge in [0.2, 0.25) is 0 Å². The zero-order valence-corrected chi connectivity index (χ0v) is 8.83. The molecule has 2 rings (SSSR count). The van der Waals surface area contributed by atoms with Gasteiger partial charge in [-0.25, -0.2) is 4.98 Å². The van der Waals surface area contributed by atoms with Crippen molar-refractivity contribution in [1.29, 1.82) is 0 Å². The largest absolute Gasteiger partial charge is 0.306 e. The van der Waals surface area contributed by atoms with E-state index in [4.69, 9.17) is 11.6 Å².